The summed E-state index contributed by atoms with van der Waals surface area (Å²) in [6.45, 7) is 2.32. The van der Waals surface area contributed by atoms with Crippen LogP contribution in [0.15, 0.2) is 72.8 Å². The maximum Gasteiger partial charge on any atom is 0.272 e. The first-order valence-corrected chi connectivity index (χ1v) is 8.99. The normalized spacial score (nSPS) is 10.8. The van der Waals surface area contributed by atoms with Gasteiger partial charge in [0.1, 0.15) is 23.8 Å². The van der Waals surface area contributed by atoms with E-state index < -0.39 is 0 Å². The largest absolute Gasteiger partial charge is 0.508 e. The van der Waals surface area contributed by atoms with Crippen molar-refractivity contribution in [3.05, 3.63) is 89.6 Å². The van der Waals surface area contributed by atoms with E-state index in [9.17, 15) is 9.90 Å². The molecule has 1 aromatic heterocycles. The first-order chi connectivity index (χ1) is 13.6. The highest BCUT2D eigenvalue weighted by atomic mass is 16.5. The lowest BCUT2D eigenvalue weighted by Crippen LogP contribution is -2.12. The first-order valence-electron chi connectivity index (χ1n) is 8.99. The summed E-state index contributed by atoms with van der Waals surface area (Å²) in [5.74, 6) is 0.667. The number of amides is 1. The van der Waals surface area contributed by atoms with E-state index in [-0.39, 0.29) is 11.7 Å². The monoisotopic (exact) mass is 372 g/mol. The zero-order chi connectivity index (χ0) is 19.5. The van der Waals surface area contributed by atoms with Gasteiger partial charge in [-0.15, -0.1) is 0 Å². The molecule has 0 unspecified atom stereocenters. The number of aromatic nitrogens is 1. The van der Waals surface area contributed by atoms with Crippen molar-refractivity contribution in [2.75, 3.05) is 5.32 Å². The van der Waals surface area contributed by atoms with Crippen molar-refractivity contribution in [1.82, 2.24) is 4.98 Å². The van der Waals surface area contributed by atoms with Crippen LogP contribution in [0.5, 0.6) is 11.5 Å². The van der Waals surface area contributed by atoms with Gasteiger partial charge in [-0.25, -0.2) is 0 Å². The van der Waals surface area contributed by atoms with Crippen molar-refractivity contribution in [2.24, 2.45) is 0 Å². The number of rotatable bonds is 5. The molecular formula is C23H20N2O3. The number of phenolic OH excluding ortho intramolecular Hbond substituents is 1. The quantitative estimate of drug-likeness (QED) is 0.431. The number of ether oxygens (including phenoxy) is 1. The van der Waals surface area contributed by atoms with Gasteiger partial charge in [0.05, 0.1) is 0 Å². The molecule has 0 atom stereocenters. The fourth-order valence-corrected chi connectivity index (χ4v) is 3.04. The molecule has 0 fully saturated rings. The molecule has 3 aromatic carbocycles. The Balaban J connectivity index is 1.50. The maximum absolute atomic E-state index is 12.6. The van der Waals surface area contributed by atoms with Crippen LogP contribution < -0.4 is 10.1 Å². The molecule has 4 aromatic rings. The van der Waals surface area contributed by atoms with Crippen molar-refractivity contribution >= 4 is 22.5 Å². The average molecular weight is 372 g/mol. The number of carbonyl (C=O) groups is 1. The third-order valence-electron chi connectivity index (χ3n) is 4.55. The first kappa shape index (κ1) is 17.7. The number of aromatic hydroxyl groups is 1. The number of aryl methyl sites for hydroxylation is 1. The minimum Gasteiger partial charge on any atom is -0.508 e. The van der Waals surface area contributed by atoms with Crippen LogP contribution in [0.4, 0.5) is 5.69 Å². The molecule has 0 aliphatic carbocycles. The van der Waals surface area contributed by atoms with Crippen LogP contribution in [0.3, 0.4) is 0 Å². The van der Waals surface area contributed by atoms with Crippen LogP contribution in [0.2, 0.25) is 0 Å². The predicted molar refractivity (Wildman–Crippen MR) is 110 cm³/mol. The number of phenols is 1. The Morgan fingerprint density at radius 2 is 1.86 bits per heavy atom. The van der Waals surface area contributed by atoms with E-state index in [0.717, 1.165) is 27.8 Å². The molecule has 5 nitrogen and oxygen atoms in total. The van der Waals surface area contributed by atoms with Crippen LogP contribution in [0.1, 0.15) is 21.6 Å². The SMILES string of the molecule is Cc1cc(O)ccc1NC(=O)c1cc2ccc(OCc3ccccc3)cc2[nH]1. The average Bonchev–Trinajstić information content (AvgIpc) is 3.13. The summed E-state index contributed by atoms with van der Waals surface area (Å²) in [6, 6.07) is 22.3. The number of hydrogen-bond donors (Lipinski definition) is 3. The van der Waals surface area contributed by atoms with Crippen LogP contribution >= 0.6 is 0 Å². The van der Waals surface area contributed by atoms with Crippen molar-refractivity contribution in [1.29, 1.82) is 0 Å². The lowest BCUT2D eigenvalue weighted by atomic mass is 10.2. The highest BCUT2D eigenvalue weighted by molar-refractivity contribution is 6.06. The summed E-state index contributed by atoms with van der Waals surface area (Å²) in [4.78, 5) is 15.7. The summed E-state index contributed by atoms with van der Waals surface area (Å²) in [5.41, 5.74) is 3.84. The fraction of sp³-hybridized carbons (Fsp3) is 0.0870. The lowest BCUT2D eigenvalue weighted by molar-refractivity contribution is 0.102. The summed E-state index contributed by atoms with van der Waals surface area (Å²) in [5, 5.41) is 13.3. The number of carbonyl (C=O) groups excluding carboxylic acids is 1. The Kier molecular flexibility index (Phi) is 4.72. The molecule has 0 aliphatic rings. The molecule has 0 bridgehead atoms. The van der Waals surface area contributed by atoms with Gasteiger partial charge >= 0.3 is 0 Å². The highest BCUT2D eigenvalue weighted by Crippen LogP contribution is 2.24. The molecule has 28 heavy (non-hydrogen) atoms. The second kappa shape index (κ2) is 7.48. The molecule has 0 radical (unpaired) electrons. The Morgan fingerprint density at radius 1 is 1.04 bits per heavy atom. The Morgan fingerprint density at radius 3 is 2.64 bits per heavy atom. The number of nitrogens with one attached hydrogen (secondary N) is 2. The van der Waals surface area contributed by atoms with Crippen LogP contribution in [-0.4, -0.2) is 16.0 Å². The van der Waals surface area contributed by atoms with Gasteiger partial charge < -0.3 is 20.1 Å². The fourth-order valence-electron chi connectivity index (χ4n) is 3.04. The van der Waals surface area contributed by atoms with Crippen molar-refractivity contribution < 1.29 is 14.6 Å². The van der Waals surface area contributed by atoms with Gasteiger partial charge in [0.15, 0.2) is 0 Å². The van der Waals surface area contributed by atoms with Gasteiger partial charge in [-0.1, -0.05) is 30.3 Å². The van der Waals surface area contributed by atoms with Crippen molar-refractivity contribution in [3.63, 3.8) is 0 Å². The highest BCUT2D eigenvalue weighted by Gasteiger charge is 2.12. The van der Waals surface area contributed by atoms with E-state index >= 15 is 0 Å². The van der Waals surface area contributed by atoms with Gasteiger partial charge in [0.2, 0.25) is 0 Å². The number of anilines is 1. The smallest absolute Gasteiger partial charge is 0.272 e. The standard InChI is InChI=1S/C23H20N2O3/c1-15-11-18(26)8-10-20(15)25-23(27)22-12-17-7-9-19(13-21(17)24-22)28-14-16-5-3-2-4-6-16/h2-13,24,26H,14H2,1H3,(H,25,27). The number of aromatic amines is 1. The molecule has 140 valence electrons. The molecule has 0 saturated heterocycles. The summed E-state index contributed by atoms with van der Waals surface area (Å²) in [7, 11) is 0. The Bertz CT molecular complexity index is 1130. The number of benzene rings is 3. The zero-order valence-corrected chi connectivity index (χ0v) is 15.4. The lowest BCUT2D eigenvalue weighted by Gasteiger charge is -2.07. The Labute approximate surface area is 162 Å². The molecule has 0 spiro atoms. The minimum absolute atomic E-state index is 0.171. The van der Waals surface area contributed by atoms with E-state index in [0.29, 0.717) is 18.0 Å². The molecule has 4 rings (SSSR count). The number of fused-ring (bicyclic) bond motifs is 1. The van der Waals surface area contributed by atoms with Crippen LogP contribution in [0, 0.1) is 6.92 Å². The van der Waals surface area contributed by atoms with E-state index in [4.69, 9.17) is 4.74 Å². The molecule has 0 saturated carbocycles. The van der Waals surface area contributed by atoms with Crippen molar-refractivity contribution in [2.45, 2.75) is 13.5 Å². The summed E-state index contributed by atoms with van der Waals surface area (Å²) in [6.07, 6.45) is 0. The van der Waals surface area contributed by atoms with Crippen LogP contribution in [-0.2, 0) is 6.61 Å². The zero-order valence-electron chi connectivity index (χ0n) is 15.4. The molecule has 5 heteroatoms. The molecule has 1 heterocycles. The van der Waals surface area contributed by atoms with Crippen molar-refractivity contribution in [3.8, 4) is 11.5 Å². The second-order valence-electron chi connectivity index (χ2n) is 6.66. The van der Waals surface area contributed by atoms with E-state index in [2.05, 4.69) is 10.3 Å². The molecule has 1 amide bonds. The van der Waals surface area contributed by atoms with Gasteiger partial charge in [0, 0.05) is 22.7 Å². The third-order valence-corrected chi connectivity index (χ3v) is 4.55. The van der Waals surface area contributed by atoms with E-state index in [1.54, 1.807) is 24.3 Å². The van der Waals surface area contributed by atoms with E-state index in [1.165, 1.54) is 0 Å². The number of hydrogen-bond acceptors (Lipinski definition) is 3. The van der Waals surface area contributed by atoms with Gasteiger partial charge in [-0.3, -0.25) is 4.79 Å². The Hall–Kier alpha value is -3.73. The third kappa shape index (κ3) is 3.83. The van der Waals surface area contributed by atoms with Gasteiger partial charge in [-0.05, 0) is 54.4 Å². The molecule has 0 aliphatic heterocycles. The van der Waals surface area contributed by atoms with Crippen LogP contribution in [0.25, 0.3) is 10.9 Å². The minimum atomic E-state index is -0.239. The van der Waals surface area contributed by atoms with Gasteiger partial charge in [0.25, 0.3) is 5.91 Å². The number of H-pyrrole nitrogens is 1. The van der Waals surface area contributed by atoms with E-state index in [1.807, 2.05) is 55.5 Å². The molecular weight excluding hydrogens is 352 g/mol. The second-order valence-corrected chi connectivity index (χ2v) is 6.66. The predicted octanol–water partition coefficient (Wildman–Crippen LogP) is 5.01. The summed E-state index contributed by atoms with van der Waals surface area (Å²) >= 11 is 0. The molecule has 3 N–H and O–H groups in total. The maximum atomic E-state index is 12.6. The summed E-state index contributed by atoms with van der Waals surface area (Å²) < 4.78 is 5.85. The topological polar surface area (TPSA) is 74.3 Å². The van der Waals surface area contributed by atoms with Gasteiger partial charge in [-0.2, -0.15) is 0 Å².